The van der Waals surface area contributed by atoms with Crippen molar-refractivity contribution in [1.82, 2.24) is 4.90 Å². The second kappa shape index (κ2) is 8.86. The summed E-state index contributed by atoms with van der Waals surface area (Å²) < 4.78 is 11.1. The van der Waals surface area contributed by atoms with Crippen LogP contribution in [0.15, 0.2) is 42.5 Å². The smallest absolute Gasteiger partial charge is 0.262 e. The zero-order valence-corrected chi connectivity index (χ0v) is 16.5. The van der Waals surface area contributed by atoms with E-state index in [0.717, 1.165) is 34.9 Å². The molecule has 1 N–H and O–H groups in total. The number of nitrogens with zero attached hydrogens (tertiary/aromatic N) is 1. The molecule has 1 amide bonds. The molecule has 1 aliphatic heterocycles. The van der Waals surface area contributed by atoms with Gasteiger partial charge in [0.15, 0.2) is 18.1 Å². The first-order valence-electron chi connectivity index (χ1n) is 9.03. The van der Waals surface area contributed by atoms with Crippen molar-refractivity contribution >= 4 is 28.8 Å². The minimum atomic E-state index is -0.224. The van der Waals surface area contributed by atoms with Gasteiger partial charge in [0.1, 0.15) is 4.99 Å². The maximum absolute atomic E-state index is 12.1. The topological polar surface area (TPSA) is 50.8 Å². The highest BCUT2D eigenvalue weighted by molar-refractivity contribution is 7.80. The third-order valence-electron chi connectivity index (χ3n) is 4.50. The molecule has 0 aromatic heterocycles. The number of aryl methyl sites for hydroxylation is 1. The summed E-state index contributed by atoms with van der Waals surface area (Å²) >= 11 is 5.58. The van der Waals surface area contributed by atoms with Gasteiger partial charge in [0.2, 0.25) is 0 Å². The molecule has 1 aliphatic rings. The molecule has 3 rings (SSSR count). The van der Waals surface area contributed by atoms with E-state index in [2.05, 4.69) is 10.2 Å². The van der Waals surface area contributed by atoms with Crippen molar-refractivity contribution < 1.29 is 14.3 Å². The van der Waals surface area contributed by atoms with Gasteiger partial charge in [-0.15, -0.1) is 0 Å². The Bertz CT molecular complexity index is 815. The first-order chi connectivity index (χ1) is 13.1. The molecule has 0 saturated carbocycles. The highest BCUT2D eigenvalue weighted by atomic mass is 32.1. The fourth-order valence-electron chi connectivity index (χ4n) is 3.00. The summed E-state index contributed by atoms with van der Waals surface area (Å²) in [6.07, 6.45) is 2.35. The van der Waals surface area contributed by atoms with Gasteiger partial charge in [0.05, 0.1) is 7.11 Å². The lowest BCUT2D eigenvalue weighted by atomic mass is 10.2. The Morgan fingerprint density at radius 2 is 1.81 bits per heavy atom. The van der Waals surface area contributed by atoms with Gasteiger partial charge in [-0.25, -0.2) is 0 Å². The van der Waals surface area contributed by atoms with E-state index >= 15 is 0 Å². The van der Waals surface area contributed by atoms with Crippen LogP contribution in [0.1, 0.15) is 24.0 Å². The van der Waals surface area contributed by atoms with E-state index < -0.39 is 0 Å². The predicted molar refractivity (Wildman–Crippen MR) is 111 cm³/mol. The Labute approximate surface area is 165 Å². The summed E-state index contributed by atoms with van der Waals surface area (Å²) in [6, 6.07) is 13.2. The van der Waals surface area contributed by atoms with Gasteiger partial charge in [-0.2, -0.15) is 0 Å². The van der Waals surface area contributed by atoms with Crippen LogP contribution in [0, 0.1) is 6.92 Å². The first-order valence-corrected chi connectivity index (χ1v) is 9.44. The molecule has 6 heteroatoms. The summed E-state index contributed by atoms with van der Waals surface area (Å²) in [7, 11) is 1.58. The third kappa shape index (κ3) is 4.98. The number of nitrogens with one attached hydrogen (secondary N) is 1. The number of rotatable bonds is 6. The van der Waals surface area contributed by atoms with Crippen LogP contribution in [-0.4, -0.2) is 42.6 Å². The molecule has 1 fully saturated rings. The van der Waals surface area contributed by atoms with E-state index in [1.165, 1.54) is 12.8 Å². The summed E-state index contributed by atoms with van der Waals surface area (Å²) in [5, 5.41) is 2.81. The highest BCUT2D eigenvalue weighted by Crippen LogP contribution is 2.29. The van der Waals surface area contributed by atoms with Crippen LogP contribution in [0.3, 0.4) is 0 Å². The molecular formula is C21H24N2O3S. The molecule has 1 heterocycles. The van der Waals surface area contributed by atoms with Crippen LogP contribution in [0.2, 0.25) is 0 Å². The molecule has 0 unspecified atom stereocenters. The number of thiocarbonyl (C=S) groups is 1. The minimum absolute atomic E-state index is 0.0971. The average molecular weight is 385 g/mol. The van der Waals surface area contributed by atoms with Crippen molar-refractivity contribution in [1.29, 1.82) is 0 Å². The van der Waals surface area contributed by atoms with Gasteiger partial charge in [-0.1, -0.05) is 29.9 Å². The van der Waals surface area contributed by atoms with Gasteiger partial charge in [0.25, 0.3) is 5.91 Å². The van der Waals surface area contributed by atoms with E-state index in [4.69, 9.17) is 21.7 Å². The number of hydrogen-bond donors (Lipinski definition) is 1. The van der Waals surface area contributed by atoms with E-state index in [-0.39, 0.29) is 12.5 Å². The number of carbonyl (C=O) groups is 1. The van der Waals surface area contributed by atoms with Gasteiger partial charge in [0, 0.05) is 24.3 Å². The van der Waals surface area contributed by atoms with Crippen LogP contribution in [-0.2, 0) is 4.79 Å². The number of ether oxygens (including phenoxy) is 2. The van der Waals surface area contributed by atoms with Gasteiger partial charge in [-0.05, 0) is 50.1 Å². The fraction of sp³-hybridized carbons (Fsp3) is 0.333. The zero-order chi connectivity index (χ0) is 19.2. The summed E-state index contributed by atoms with van der Waals surface area (Å²) in [5.41, 5.74) is 2.81. The second-order valence-electron chi connectivity index (χ2n) is 6.57. The van der Waals surface area contributed by atoms with Crippen molar-refractivity contribution in [3.8, 4) is 11.5 Å². The lowest BCUT2D eigenvalue weighted by Crippen LogP contribution is -2.26. The van der Waals surface area contributed by atoms with Gasteiger partial charge in [-0.3, -0.25) is 4.79 Å². The Morgan fingerprint density at radius 1 is 1.11 bits per heavy atom. The number of likely N-dealkylation sites (tertiary alicyclic amines) is 1. The molecule has 0 bridgehead atoms. The van der Waals surface area contributed by atoms with E-state index in [0.29, 0.717) is 11.5 Å². The summed E-state index contributed by atoms with van der Waals surface area (Å²) in [4.78, 5) is 15.2. The Kier molecular flexibility index (Phi) is 6.29. The van der Waals surface area contributed by atoms with Crippen molar-refractivity contribution in [2.45, 2.75) is 19.8 Å². The second-order valence-corrected chi connectivity index (χ2v) is 6.95. The molecule has 0 atom stereocenters. The van der Waals surface area contributed by atoms with Crippen molar-refractivity contribution in [2.24, 2.45) is 0 Å². The molecule has 5 nitrogen and oxygen atoms in total. The number of benzene rings is 2. The third-order valence-corrected chi connectivity index (χ3v) is 4.99. The molecule has 2 aromatic carbocycles. The van der Waals surface area contributed by atoms with E-state index in [1.54, 1.807) is 13.2 Å². The largest absolute Gasteiger partial charge is 0.493 e. The lowest BCUT2D eigenvalue weighted by molar-refractivity contribution is -0.118. The van der Waals surface area contributed by atoms with E-state index in [9.17, 15) is 4.79 Å². The normalized spacial score (nSPS) is 13.3. The quantitative estimate of drug-likeness (QED) is 0.768. The highest BCUT2D eigenvalue weighted by Gasteiger charge is 2.18. The van der Waals surface area contributed by atoms with Crippen molar-refractivity contribution in [3.05, 3.63) is 53.6 Å². The number of carbonyl (C=O) groups excluding carboxylic acids is 1. The van der Waals surface area contributed by atoms with Crippen LogP contribution in [0.5, 0.6) is 11.5 Å². The molecule has 27 heavy (non-hydrogen) atoms. The monoisotopic (exact) mass is 384 g/mol. The summed E-state index contributed by atoms with van der Waals surface area (Å²) in [5.74, 6) is 0.860. The zero-order valence-electron chi connectivity index (χ0n) is 15.7. The predicted octanol–water partition coefficient (Wildman–Crippen LogP) is 3.79. The number of amides is 1. The average Bonchev–Trinajstić information content (AvgIpc) is 3.22. The molecule has 0 radical (unpaired) electrons. The Hall–Kier alpha value is -2.60. The number of hydrogen-bond acceptors (Lipinski definition) is 4. The standard InChI is InChI=1S/C21H24N2O3S/c1-15-5-8-17(9-6-15)22-20(24)14-26-18-10-7-16(13-19(18)25-2)21(27)23-11-3-4-12-23/h5-10,13H,3-4,11-12,14H2,1-2H3,(H,22,24). The molecule has 0 aliphatic carbocycles. The molecule has 142 valence electrons. The van der Waals surface area contributed by atoms with Crippen molar-refractivity contribution in [2.75, 3.05) is 32.1 Å². The van der Waals surface area contributed by atoms with Crippen LogP contribution >= 0.6 is 12.2 Å². The van der Waals surface area contributed by atoms with Crippen LogP contribution in [0.4, 0.5) is 5.69 Å². The van der Waals surface area contributed by atoms with Crippen LogP contribution in [0.25, 0.3) is 0 Å². The van der Waals surface area contributed by atoms with Gasteiger partial charge < -0.3 is 19.7 Å². The Balaban J connectivity index is 1.61. The Morgan fingerprint density at radius 3 is 2.48 bits per heavy atom. The van der Waals surface area contributed by atoms with E-state index in [1.807, 2.05) is 43.3 Å². The maximum atomic E-state index is 12.1. The molecule has 1 saturated heterocycles. The van der Waals surface area contributed by atoms with Crippen molar-refractivity contribution in [3.63, 3.8) is 0 Å². The maximum Gasteiger partial charge on any atom is 0.262 e. The number of methoxy groups -OCH3 is 1. The molecule has 0 spiro atoms. The number of anilines is 1. The fourth-order valence-corrected chi connectivity index (χ4v) is 3.31. The lowest BCUT2D eigenvalue weighted by Gasteiger charge is -2.19. The molecule has 2 aromatic rings. The minimum Gasteiger partial charge on any atom is -0.493 e. The van der Waals surface area contributed by atoms with Gasteiger partial charge >= 0.3 is 0 Å². The SMILES string of the molecule is COc1cc(C(=S)N2CCCC2)ccc1OCC(=O)Nc1ccc(C)cc1. The summed E-state index contributed by atoms with van der Waals surface area (Å²) in [6.45, 7) is 3.90. The molecular weight excluding hydrogens is 360 g/mol. The first kappa shape index (κ1) is 19.2. The van der Waals surface area contributed by atoms with Crippen LogP contribution < -0.4 is 14.8 Å².